The van der Waals surface area contributed by atoms with Gasteiger partial charge in [0.15, 0.2) is 6.19 Å². The molecule has 3 saturated heterocycles. The van der Waals surface area contributed by atoms with Crippen molar-refractivity contribution in [3.63, 3.8) is 0 Å². The van der Waals surface area contributed by atoms with Gasteiger partial charge in [0.1, 0.15) is 0 Å². The lowest BCUT2D eigenvalue weighted by atomic mass is 9.81. The maximum Gasteiger partial charge on any atom is 0.253 e. The summed E-state index contributed by atoms with van der Waals surface area (Å²) in [6, 6.07) is 9.00. The Morgan fingerprint density at radius 3 is 2.69 bits per heavy atom. The van der Waals surface area contributed by atoms with Gasteiger partial charge < -0.3 is 15.1 Å². The van der Waals surface area contributed by atoms with Gasteiger partial charge in [-0.2, -0.15) is 10.5 Å². The highest BCUT2D eigenvalue weighted by Crippen LogP contribution is 2.42. The van der Waals surface area contributed by atoms with E-state index in [2.05, 4.69) is 22.5 Å². The second-order valence-electron chi connectivity index (χ2n) is 8.90. The molecule has 1 amide bonds. The Hall–Kier alpha value is -2.44. The zero-order chi connectivity index (χ0) is 20.1. The topological polar surface area (TPSA) is 83.2 Å². The van der Waals surface area contributed by atoms with Gasteiger partial charge in [0.25, 0.3) is 5.91 Å². The monoisotopic (exact) mass is 409 g/mol. The first-order chi connectivity index (χ1) is 14.1. The predicted octanol–water partition coefficient (Wildman–Crippen LogP) is 3.28. The molecule has 4 fully saturated rings. The number of nitrogens with one attached hydrogen (secondary N) is 1. The molecule has 1 aromatic carbocycles. The Morgan fingerprint density at radius 2 is 1.97 bits per heavy atom. The smallest absolute Gasteiger partial charge is 0.253 e. The molecule has 4 bridgehead atoms. The largest absolute Gasteiger partial charge is 0.368 e. The van der Waals surface area contributed by atoms with Crippen molar-refractivity contribution in [2.75, 3.05) is 11.4 Å². The van der Waals surface area contributed by atoms with E-state index >= 15 is 0 Å². The first-order valence-electron chi connectivity index (χ1n) is 10.5. The molecule has 1 aliphatic carbocycles. The summed E-state index contributed by atoms with van der Waals surface area (Å²) >= 11 is 6.52. The second-order valence-corrected chi connectivity index (χ2v) is 9.31. The van der Waals surface area contributed by atoms with Crippen LogP contribution in [0.1, 0.15) is 48.9 Å². The lowest BCUT2D eigenvalue weighted by molar-refractivity contribution is 0.0928. The van der Waals surface area contributed by atoms with Crippen molar-refractivity contribution in [1.82, 2.24) is 10.2 Å². The minimum Gasteiger partial charge on any atom is -0.368 e. The van der Waals surface area contributed by atoms with Gasteiger partial charge >= 0.3 is 0 Å². The number of halogens is 1. The number of hydrogen-bond acceptors (Lipinski definition) is 5. The fraction of sp³-hybridized carbons (Fsp3) is 0.591. The summed E-state index contributed by atoms with van der Waals surface area (Å²) in [7, 11) is 0. The van der Waals surface area contributed by atoms with Crippen LogP contribution in [-0.4, -0.2) is 41.5 Å². The summed E-state index contributed by atoms with van der Waals surface area (Å²) < 4.78 is 0. The molecule has 29 heavy (non-hydrogen) atoms. The maximum atomic E-state index is 12.8. The SMILES string of the molecule is N#C[C@H]1CC[C@@H]2C[C@@H]1CN2c1ccc(C(=O)N[C@@H]2C[C@@H]3CC[C@H]2N3C#N)c(Cl)c1. The quantitative estimate of drug-likeness (QED) is 0.774. The molecule has 0 unspecified atom stereocenters. The molecule has 3 aliphatic heterocycles. The third kappa shape index (κ3) is 3.02. The van der Waals surface area contributed by atoms with Crippen LogP contribution in [0.2, 0.25) is 5.02 Å². The minimum absolute atomic E-state index is 0.0115. The fourth-order valence-corrected chi connectivity index (χ4v) is 6.29. The van der Waals surface area contributed by atoms with Crippen molar-refractivity contribution in [3.05, 3.63) is 28.8 Å². The van der Waals surface area contributed by atoms with E-state index in [0.717, 1.165) is 50.8 Å². The van der Waals surface area contributed by atoms with Gasteiger partial charge in [-0.25, -0.2) is 0 Å². The van der Waals surface area contributed by atoms with Gasteiger partial charge in [-0.05, 0) is 62.6 Å². The van der Waals surface area contributed by atoms with Crippen LogP contribution >= 0.6 is 11.6 Å². The zero-order valence-corrected chi connectivity index (χ0v) is 17.0. The highest BCUT2D eigenvalue weighted by molar-refractivity contribution is 6.34. The number of fused-ring (bicyclic) bond motifs is 4. The Labute approximate surface area is 176 Å². The van der Waals surface area contributed by atoms with Crippen molar-refractivity contribution >= 4 is 23.2 Å². The molecule has 0 radical (unpaired) electrons. The lowest BCUT2D eigenvalue weighted by Gasteiger charge is -2.27. The van der Waals surface area contributed by atoms with Crippen LogP contribution < -0.4 is 10.2 Å². The number of hydrogen-bond donors (Lipinski definition) is 1. The highest BCUT2D eigenvalue weighted by Gasteiger charge is 2.46. The van der Waals surface area contributed by atoms with E-state index < -0.39 is 0 Å². The zero-order valence-electron chi connectivity index (χ0n) is 16.2. The summed E-state index contributed by atoms with van der Waals surface area (Å²) in [6.45, 7) is 0.889. The van der Waals surface area contributed by atoms with Crippen molar-refractivity contribution in [2.24, 2.45) is 11.8 Å². The third-order valence-corrected chi connectivity index (χ3v) is 7.80. The standard InChI is InChI=1S/C22H24ClN5O/c23-19-8-16(27-11-14-7-15(27)2-1-13(14)10-24)3-5-18(19)22(29)26-20-9-17-4-6-21(20)28(17)12-25/h3,5,8,13-15,17,20-21H,1-2,4,6-7,9,11H2,(H,26,29)/t13-,14-,15-,17+,20-,21-/m1/s1. The van der Waals surface area contributed by atoms with E-state index in [0.29, 0.717) is 22.5 Å². The van der Waals surface area contributed by atoms with Crippen LogP contribution in [0.4, 0.5) is 5.69 Å². The van der Waals surface area contributed by atoms with Crippen LogP contribution in [0.15, 0.2) is 18.2 Å². The molecule has 1 saturated carbocycles. The second kappa shape index (κ2) is 7.11. The number of anilines is 1. The normalized spacial score (nSPS) is 34.7. The third-order valence-electron chi connectivity index (χ3n) is 7.49. The first kappa shape index (κ1) is 18.6. The summed E-state index contributed by atoms with van der Waals surface area (Å²) in [5, 5.41) is 22.2. The molecule has 150 valence electrons. The molecular formula is C22H24ClN5O. The Bertz CT molecular complexity index is 921. The van der Waals surface area contributed by atoms with Crippen molar-refractivity contribution in [1.29, 1.82) is 10.5 Å². The molecule has 0 aromatic heterocycles. The number of carbonyl (C=O) groups is 1. The molecule has 1 aromatic rings. The lowest BCUT2D eigenvalue weighted by Crippen LogP contribution is -2.43. The Balaban J connectivity index is 1.29. The van der Waals surface area contributed by atoms with Gasteiger partial charge in [-0.3, -0.25) is 4.79 Å². The molecule has 7 heteroatoms. The van der Waals surface area contributed by atoms with E-state index in [1.54, 1.807) is 0 Å². The number of amides is 1. The molecule has 5 rings (SSSR count). The Morgan fingerprint density at radius 1 is 1.14 bits per heavy atom. The molecule has 4 aliphatic rings. The van der Waals surface area contributed by atoms with Crippen LogP contribution in [0.25, 0.3) is 0 Å². The van der Waals surface area contributed by atoms with Crippen molar-refractivity contribution < 1.29 is 4.79 Å². The molecule has 0 spiro atoms. The van der Waals surface area contributed by atoms with Gasteiger partial charge in [-0.15, -0.1) is 0 Å². The van der Waals surface area contributed by atoms with Crippen LogP contribution in [0, 0.1) is 34.6 Å². The highest BCUT2D eigenvalue weighted by atomic mass is 35.5. The van der Waals surface area contributed by atoms with Crippen LogP contribution in [0.5, 0.6) is 0 Å². The van der Waals surface area contributed by atoms with Crippen LogP contribution in [0.3, 0.4) is 0 Å². The molecular weight excluding hydrogens is 386 g/mol. The van der Waals surface area contributed by atoms with Gasteiger partial charge in [0, 0.05) is 24.3 Å². The number of nitriles is 2. The average molecular weight is 410 g/mol. The minimum atomic E-state index is -0.165. The number of benzene rings is 1. The number of nitrogens with zero attached hydrogens (tertiary/aromatic N) is 4. The van der Waals surface area contributed by atoms with E-state index in [4.69, 9.17) is 11.6 Å². The van der Waals surface area contributed by atoms with Crippen molar-refractivity contribution in [2.45, 2.75) is 62.7 Å². The summed E-state index contributed by atoms with van der Waals surface area (Å²) in [6.07, 6.45) is 8.17. The summed E-state index contributed by atoms with van der Waals surface area (Å²) in [5.74, 6) is 0.426. The molecule has 3 heterocycles. The van der Waals surface area contributed by atoms with Crippen LogP contribution in [-0.2, 0) is 0 Å². The summed E-state index contributed by atoms with van der Waals surface area (Å²) in [4.78, 5) is 17.0. The van der Waals surface area contributed by atoms with E-state index in [-0.39, 0.29) is 30.0 Å². The fourth-order valence-electron chi connectivity index (χ4n) is 6.02. The van der Waals surface area contributed by atoms with Gasteiger partial charge in [0.05, 0.1) is 34.7 Å². The average Bonchev–Trinajstić information content (AvgIpc) is 3.38. The molecule has 1 N–H and O–H groups in total. The molecule has 6 atom stereocenters. The first-order valence-corrected chi connectivity index (χ1v) is 10.9. The van der Waals surface area contributed by atoms with Gasteiger partial charge in [0.2, 0.25) is 0 Å². The maximum absolute atomic E-state index is 12.8. The van der Waals surface area contributed by atoms with E-state index in [1.807, 2.05) is 23.1 Å². The number of carbonyl (C=O) groups excluding carboxylic acids is 1. The van der Waals surface area contributed by atoms with Gasteiger partial charge in [-0.1, -0.05) is 11.6 Å². The number of rotatable bonds is 3. The Kier molecular flexibility index (Phi) is 4.56. The summed E-state index contributed by atoms with van der Waals surface area (Å²) in [5.41, 5.74) is 1.52. The predicted molar refractivity (Wildman–Crippen MR) is 109 cm³/mol. The van der Waals surface area contributed by atoms with E-state index in [1.165, 1.54) is 0 Å². The van der Waals surface area contributed by atoms with E-state index in [9.17, 15) is 15.3 Å². The molecule has 6 nitrogen and oxygen atoms in total. The van der Waals surface area contributed by atoms with Crippen molar-refractivity contribution in [3.8, 4) is 12.3 Å².